The molecule has 41 heavy (non-hydrogen) atoms. The number of para-hydroxylation sites is 1. The molecule has 4 aromatic rings. The van der Waals surface area contributed by atoms with E-state index >= 15 is 0 Å². The molecule has 0 heterocycles. The molecule has 0 saturated heterocycles. The molecule has 0 bridgehead atoms. The number of ether oxygens (including phenoxy) is 1. The van der Waals surface area contributed by atoms with Crippen LogP contribution in [0.25, 0.3) is 0 Å². The van der Waals surface area contributed by atoms with Crippen molar-refractivity contribution in [1.82, 2.24) is 10.1 Å². The van der Waals surface area contributed by atoms with Gasteiger partial charge in [-0.1, -0.05) is 66.2 Å². The molecule has 4 aromatic carbocycles. The number of carbonyl (C=O) groups excluding carboxylic acids is 2. The topological polar surface area (TPSA) is 126 Å². The van der Waals surface area contributed by atoms with E-state index in [1.54, 1.807) is 72.8 Å². The van der Waals surface area contributed by atoms with Gasteiger partial charge in [-0.3, -0.25) is 9.59 Å². The minimum atomic E-state index is -3.87. The molecule has 0 saturated carbocycles. The number of hydrogen-bond donors (Lipinski definition) is 3. The standard InChI is InChI=1S/C31H30N4O5S/c1-23-12-18-28(19-13-23)41(38,39)35-29(25-8-4-2-5-9-25)20-30(36)34-32-21-24-14-16-27(17-15-24)40-22-31(37)33-26-10-6-3-7-11-26/h2-19,21,29,35H,20,22H2,1H3,(H,33,37)(H,34,36)/b32-21-/t29-/m1/s1. The molecule has 0 aliphatic heterocycles. The van der Waals surface area contributed by atoms with Crippen molar-refractivity contribution in [3.63, 3.8) is 0 Å². The lowest BCUT2D eigenvalue weighted by molar-refractivity contribution is -0.121. The zero-order chi connectivity index (χ0) is 29.1. The summed E-state index contributed by atoms with van der Waals surface area (Å²) in [7, 11) is -3.87. The maximum absolute atomic E-state index is 13.0. The van der Waals surface area contributed by atoms with Gasteiger partial charge < -0.3 is 10.1 Å². The van der Waals surface area contributed by atoms with Gasteiger partial charge in [0.1, 0.15) is 5.75 Å². The summed E-state index contributed by atoms with van der Waals surface area (Å²) in [5, 5.41) is 6.74. The van der Waals surface area contributed by atoms with Crippen LogP contribution in [0.15, 0.2) is 119 Å². The second kappa shape index (κ2) is 14.0. The Kier molecular flexibility index (Phi) is 9.98. The van der Waals surface area contributed by atoms with Gasteiger partial charge in [0, 0.05) is 12.1 Å². The summed E-state index contributed by atoms with van der Waals surface area (Å²) in [5.74, 6) is -0.244. The molecule has 0 aliphatic carbocycles. The van der Waals surface area contributed by atoms with Crippen LogP contribution in [0.3, 0.4) is 0 Å². The van der Waals surface area contributed by atoms with Gasteiger partial charge in [-0.25, -0.2) is 18.6 Å². The molecule has 9 nitrogen and oxygen atoms in total. The van der Waals surface area contributed by atoms with Gasteiger partial charge in [-0.05, 0) is 66.6 Å². The highest BCUT2D eigenvalue weighted by atomic mass is 32.2. The molecule has 0 aliphatic rings. The highest BCUT2D eigenvalue weighted by Crippen LogP contribution is 2.21. The van der Waals surface area contributed by atoms with Gasteiger partial charge in [0.15, 0.2) is 6.61 Å². The predicted octanol–water partition coefficient (Wildman–Crippen LogP) is 4.57. The third-order valence-corrected chi connectivity index (χ3v) is 7.42. The van der Waals surface area contributed by atoms with E-state index in [9.17, 15) is 18.0 Å². The lowest BCUT2D eigenvalue weighted by Crippen LogP contribution is -2.32. The van der Waals surface area contributed by atoms with Crippen LogP contribution in [0, 0.1) is 6.92 Å². The second-order valence-electron chi connectivity index (χ2n) is 9.17. The van der Waals surface area contributed by atoms with Crippen molar-refractivity contribution in [3.8, 4) is 5.75 Å². The van der Waals surface area contributed by atoms with Gasteiger partial charge >= 0.3 is 0 Å². The summed E-state index contributed by atoms with van der Waals surface area (Å²) in [5.41, 5.74) is 5.42. The molecule has 0 radical (unpaired) electrons. The van der Waals surface area contributed by atoms with E-state index in [4.69, 9.17) is 4.74 Å². The lowest BCUT2D eigenvalue weighted by Gasteiger charge is -2.18. The van der Waals surface area contributed by atoms with E-state index in [2.05, 4.69) is 20.6 Å². The number of nitrogens with one attached hydrogen (secondary N) is 3. The Balaban J connectivity index is 1.31. The largest absolute Gasteiger partial charge is 0.484 e. The van der Waals surface area contributed by atoms with E-state index in [1.807, 2.05) is 31.2 Å². The van der Waals surface area contributed by atoms with Crippen LogP contribution in [0.5, 0.6) is 5.75 Å². The van der Waals surface area contributed by atoms with Crippen LogP contribution >= 0.6 is 0 Å². The van der Waals surface area contributed by atoms with Crippen molar-refractivity contribution in [2.24, 2.45) is 5.10 Å². The Morgan fingerprint density at radius 2 is 1.46 bits per heavy atom. The van der Waals surface area contributed by atoms with Crippen LogP contribution in [0.1, 0.15) is 29.2 Å². The van der Waals surface area contributed by atoms with Crippen molar-refractivity contribution < 1.29 is 22.7 Å². The van der Waals surface area contributed by atoms with Crippen LogP contribution in [-0.2, 0) is 19.6 Å². The van der Waals surface area contributed by atoms with Crippen LogP contribution in [0.2, 0.25) is 0 Å². The lowest BCUT2D eigenvalue weighted by atomic mass is 10.0. The molecule has 0 spiro atoms. The summed E-state index contributed by atoms with van der Waals surface area (Å²) < 4.78 is 34.2. The number of nitrogens with zero attached hydrogens (tertiary/aromatic N) is 1. The van der Waals surface area contributed by atoms with E-state index in [-0.39, 0.29) is 23.8 Å². The minimum absolute atomic E-state index is 0.117. The van der Waals surface area contributed by atoms with Gasteiger partial charge in [0.25, 0.3) is 5.91 Å². The van der Waals surface area contributed by atoms with Gasteiger partial charge in [0.2, 0.25) is 15.9 Å². The number of amides is 2. The molecule has 0 fully saturated rings. The van der Waals surface area contributed by atoms with Crippen molar-refractivity contribution >= 4 is 33.7 Å². The van der Waals surface area contributed by atoms with Gasteiger partial charge in [-0.15, -0.1) is 0 Å². The summed E-state index contributed by atoms with van der Waals surface area (Å²) in [4.78, 5) is 24.9. The summed E-state index contributed by atoms with van der Waals surface area (Å²) in [6, 6.07) is 30.5. The SMILES string of the molecule is Cc1ccc(S(=O)(=O)N[C@H](CC(=O)N/N=C\c2ccc(OCC(=O)Nc3ccccc3)cc2)c2ccccc2)cc1. The number of rotatable bonds is 12. The van der Waals surface area contributed by atoms with E-state index in [0.717, 1.165) is 5.56 Å². The Morgan fingerprint density at radius 1 is 0.829 bits per heavy atom. The molecule has 10 heteroatoms. The van der Waals surface area contributed by atoms with Crippen molar-refractivity contribution in [2.75, 3.05) is 11.9 Å². The number of sulfonamides is 1. The highest BCUT2D eigenvalue weighted by molar-refractivity contribution is 7.89. The molecule has 1 atom stereocenters. The molecule has 0 aromatic heterocycles. The van der Waals surface area contributed by atoms with Gasteiger partial charge in [-0.2, -0.15) is 5.10 Å². The number of hydrogen-bond acceptors (Lipinski definition) is 6. The number of hydrazone groups is 1. The fourth-order valence-electron chi connectivity index (χ4n) is 3.81. The molecule has 0 unspecified atom stereocenters. The van der Waals surface area contributed by atoms with Crippen LogP contribution < -0.4 is 20.2 Å². The molecule has 210 valence electrons. The maximum Gasteiger partial charge on any atom is 0.262 e. The molecule has 3 N–H and O–H groups in total. The highest BCUT2D eigenvalue weighted by Gasteiger charge is 2.23. The van der Waals surface area contributed by atoms with E-state index in [0.29, 0.717) is 22.6 Å². The average Bonchev–Trinajstić information content (AvgIpc) is 2.97. The van der Waals surface area contributed by atoms with Crippen LogP contribution in [0.4, 0.5) is 5.69 Å². The zero-order valence-corrected chi connectivity index (χ0v) is 23.2. The third kappa shape index (κ3) is 9.13. The van der Waals surface area contributed by atoms with E-state index < -0.39 is 22.0 Å². The first kappa shape index (κ1) is 29.2. The number of benzene rings is 4. The Bertz CT molecular complexity index is 1580. The van der Waals surface area contributed by atoms with Crippen molar-refractivity contribution in [2.45, 2.75) is 24.3 Å². The maximum atomic E-state index is 13.0. The monoisotopic (exact) mass is 570 g/mol. The fraction of sp³-hybridized carbons (Fsp3) is 0.129. The molecule has 2 amide bonds. The fourth-order valence-corrected chi connectivity index (χ4v) is 5.04. The first-order chi connectivity index (χ1) is 19.8. The number of carbonyl (C=O) groups is 2. The Labute approximate surface area is 239 Å². The quantitative estimate of drug-likeness (QED) is 0.170. The first-order valence-electron chi connectivity index (χ1n) is 12.8. The average molecular weight is 571 g/mol. The normalized spacial score (nSPS) is 12.0. The predicted molar refractivity (Wildman–Crippen MR) is 158 cm³/mol. The molecular weight excluding hydrogens is 540 g/mol. The number of aryl methyl sites for hydroxylation is 1. The summed E-state index contributed by atoms with van der Waals surface area (Å²) in [6.07, 6.45) is 1.29. The number of anilines is 1. The van der Waals surface area contributed by atoms with Gasteiger partial charge in [0.05, 0.1) is 17.2 Å². The first-order valence-corrected chi connectivity index (χ1v) is 14.3. The van der Waals surface area contributed by atoms with Crippen molar-refractivity contribution in [1.29, 1.82) is 0 Å². The minimum Gasteiger partial charge on any atom is -0.484 e. The summed E-state index contributed by atoms with van der Waals surface area (Å²) in [6.45, 7) is 1.73. The molecule has 4 rings (SSSR count). The third-order valence-electron chi connectivity index (χ3n) is 5.93. The Hall–Kier alpha value is -4.80. The van der Waals surface area contributed by atoms with Crippen LogP contribution in [-0.4, -0.2) is 33.1 Å². The zero-order valence-electron chi connectivity index (χ0n) is 22.4. The second-order valence-corrected chi connectivity index (χ2v) is 10.9. The van der Waals surface area contributed by atoms with Crippen molar-refractivity contribution in [3.05, 3.63) is 126 Å². The smallest absolute Gasteiger partial charge is 0.262 e. The molecular formula is C31H30N4O5S. The van der Waals surface area contributed by atoms with E-state index in [1.165, 1.54) is 18.3 Å². The summed E-state index contributed by atoms with van der Waals surface area (Å²) >= 11 is 0. The Morgan fingerprint density at radius 3 is 2.12 bits per heavy atom.